The number of hydrogen-bond donors (Lipinski definition) is 1. The molecule has 0 unspecified atom stereocenters. The lowest BCUT2D eigenvalue weighted by Gasteiger charge is -2.04. The fourth-order valence-electron chi connectivity index (χ4n) is 1.28. The Morgan fingerprint density at radius 1 is 1.25 bits per heavy atom. The summed E-state index contributed by atoms with van der Waals surface area (Å²) in [5.74, 6) is 0.443. The molecule has 1 rings (SSSR count). The molecule has 1 aromatic rings. The number of pyridine rings is 1. The molecule has 90 valence electrons. The molecule has 1 aromatic heterocycles. The van der Waals surface area contributed by atoms with Gasteiger partial charge < -0.3 is 5.32 Å². The number of rotatable bonds is 7. The van der Waals surface area contributed by atoms with Crippen molar-refractivity contribution in [1.82, 2.24) is 10.3 Å². The van der Waals surface area contributed by atoms with E-state index in [9.17, 15) is 8.42 Å². The number of sulfone groups is 1. The highest BCUT2D eigenvalue weighted by Crippen LogP contribution is 1.95. The molecule has 0 saturated heterocycles. The van der Waals surface area contributed by atoms with Crippen LogP contribution in [0.15, 0.2) is 24.5 Å². The fourth-order valence-corrected chi connectivity index (χ4v) is 2.02. The number of nitrogens with zero attached hydrogens (tertiary/aromatic N) is 1. The van der Waals surface area contributed by atoms with Crippen LogP contribution in [0.4, 0.5) is 0 Å². The standard InChI is InChI=1S/C11H18N2O2S/c1-2-16(14,15)10-9-13-8-5-11-3-6-12-7-4-11/h3-4,6-7,13H,2,5,8-10H2,1H3. The van der Waals surface area contributed by atoms with Gasteiger partial charge in [-0.2, -0.15) is 0 Å². The second-order valence-corrected chi connectivity index (χ2v) is 6.06. The van der Waals surface area contributed by atoms with Gasteiger partial charge >= 0.3 is 0 Å². The molecule has 5 heteroatoms. The van der Waals surface area contributed by atoms with E-state index < -0.39 is 9.84 Å². The zero-order chi connectivity index (χ0) is 11.9. The molecule has 0 atom stereocenters. The van der Waals surface area contributed by atoms with E-state index in [-0.39, 0.29) is 11.5 Å². The monoisotopic (exact) mass is 242 g/mol. The van der Waals surface area contributed by atoms with Gasteiger partial charge in [-0.1, -0.05) is 6.92 Å². The Labute approximate surface area is 97.0 Å². The molecule has 1 heterocycles. The van der Waals surface area contributed by atoms with Crippen LogP contribution in [-0.2, 0) is 16.3 Å². The third kappa shape index (κ3) is 5.23. The average Bonchev–Trinajstić information content (AvgIpc) is 2.30. The van der Waals surface area contributed by atoms with Crippen molar-refractivity contribution in [3.63, 3.8) is 0 Å². The second kappa shape index (κ2) is 6.60. The number of aromatic nitrogens is 1. The SMILES string of the molecule is CCS(=O)(=O)CCNCCc1ccncc1. The zero-order valence-electron chi connectivity index (χ0n) is 9.52. The summed E-state index contributed by atoms with van der Waals surface area (Å²) in [4.78, 5) is 3.93. The lowest BCUT2D eigenvalue weighted by Crippen LogP contribution is -2.25. The van der Waals surface area contributed by atoms with Gasteiger partial charge in [0.05, 0.1) is 5.75 Å². The van der Waals surface area contributed by atoms with Crippen LogP contribution in [0.3, 0.4) is 0 Å². The van der Waals surface area contributed by atoms with Gasteiger partial charge in [-0.05, 0) is 30.7 Å². The number of nitrogens with one attached hydrogen (secondary N) is 1. The third-order valence-corrected chi connectivity index (χ3v) is 4.08. The molecule has 0 aliphatic rings. The molecule has 0 saturated carbocycles. The normalized spacial score (nSPS) is 11.6. The van der Waals surface area contributed by atoms with Crippen molar-refractivity contribution in [2.45, 2.75) is 13.3 Å². The Bertz CT molecular complexity index is 390. The van der Waals surface area contributed by atoms with Crippen LogP contribution in [0.2, 0.25) is 0 Å². The highest BCUT2D eigenvalue weighted by Gasteiger charge is 2.05. The van der Waals surface area contributed by atoms with Crippen LogP contribution in [0.5, 0.6) is 0 Å². The van der Waals surface area contributed by atoms with E-state index in [1.54, 1.807) is 19.3 Å². The third-order valence-electron chi connectivity index (χ3n) is 2.37. The van der Waals surface area contributed by atoms with Gasteiger partial charge in [-0.25, -0.2) is 8.42 Å². The first kappa shape index (κ1) is 13.1. The van der Waals surface area contributed by atoms with Crippen molar-refractivity contribution < 1.29 is 8.42 Å². The van der Waals surface area contributed by atoms with Crippen LogP contribution < -0.4 is 5.32 Å². The van der Waals surface area contributed by atoms with Crippen molar-refractivity contribution in [3.8, 4) is 0 Å². The van der Waals surface area contributed by atoms with Crippen molar-refractivity contribution >= 4 is 9.84 Å². The first-order valence-corrected chi connectivity index (χ1v) is 7.26. The molecule has 0 aliphatic heterocycles. The van der Waals surface area contributed by atoms with Gasteiger partial charge in [-0.15, -0.1) is 0 Å². The molecule has 0 bridgehead atoms. The van der Waals surface area contributed by atoms with E-state index in [0.29, 0.717) is 6.54 Å². The molecule has 0 amide bonds. The van der Waals surface area contributed by atoms with Crippen molar-refractivity contribution in [1.29, 1.82) is 0 Å². The molecular formula is C11H18N2O2S. The summed E-state index contributed by atoms with van der Waals surface area (Å²) >= 11 is 0. The minimum atomic E-state index is -2.84. The summed E-state index contributed by atoms with van der Waals surface area (Å²) in [5.41, 5.74) is 1.21. The molecule has 0 aromatic carbocycles. The van der Waals surface area contributed by atoms with Gasteiger partial charge in [-0.3, -0.25) is 4.98 Å². The second-order valence-electron chi connectivity index (χ2n) is 3.59. The van der Waals surface area contributed by atoms with Crippen molar-refractivity contribution in [3.05, 3.63) is 30.1 Å². The van der Waals surface area contributed by atoms with Crippen LogP contribution in [0.25, 0.3) is 0 Å². The lowest BCUT2D eigenvalue weighted by atomic mass is 10.2. The summed E-state index contributed by atoms with van der Waals surface area (Å²) in [6, 6.07) is 3.93. The molecule has 16 heavy (non-hydrogen) atoms. The summed E-state index contributed by atoms with van der Waals surface area (Å²) in [6.45, 7) is 3.00. The van der Waals surface area contributed by atoms with Crippen molar-refractivity contribution in [2.75, 3.05) is 24.6 Å². The summed E-state index contributed by atoms with van der Waals surface area (Å²) < 4.78 is 22.4. The molecule has 0 radical (unpaired) electrons. The smallest absolute Gasteiger partial charge is 0.151 e. The first-order chi connectivity index (χ1) is 7.64. The van der Waals surface area contributed by atoms with Crippen LogP contribution in [0, 0.1) is 0 Å². The molecule has 4 nitrogen and oxygen atoms in total. The molecule has 0 spiro atoms. The summed E-state index contributed by atoms with van der Waals surface area (Å²) in [6.07, 6.45) is 4.42. The van der Waals surface area contributed by atoms with Gasteiger partial charge in [0.15, 0.2) is 9.84 Å². The number of hydrogen-bond acceptors (Lipinski definition) is 4. The van der Waals surface area contributed by atoms with Gasteiger partial charge in [0.25, 0.3) is 0 Å². The van der Waals surface area contributed by atoms with Gasteiger partial charge in [0, 0.05) is 24.7 Å². The van der Waals surface area contributed by atoms with E-state index in [4.69, 9.17) is 0 Å². The maximum absolute atomic E-state index is 11.2. The Balaban J connectivity index is 2.14. The van der Waals surface area contributed by atoms with E-state index in [2.05, 4.69) is 10.3 Å². The highest BCUT2D eigenvalue weighted by molar-refractivity contribution is 7.91. The topological polar surface area (TPSA) is 59.1 Å². The molecule has 0 fully saturated rings. The fraction of sp³-hybridized carbons (Fsp3) is 0.545. The highest BCUT2D eigenvalue weighted by atomic mass is 32.2. The minimum Gasteiger partial charge on any atom is -0.315 e. The molecule has 0 aliphatic carbocycles. The maximum Gasteiger partial charge on any atom is 0.151 e. The zero-order valence-corrected chi connectivity index (χ0v) is 10.3. The Morgan fingerprint density at radius 2 is 1.94 bits per heavy atom. The summed E-state index contributed by atoms with van der Waals surface area (Å²) in [7, 11) is -2.84. The van der Waals surface area contributed by atoms with E-state index in [1.165, 1.54) is 5.56 Å². The van der Waals surface area contributed by atoms with Crippen LogP contribution >= 0.6 is 0 Å². The van der Waals surface area contributed by atoms with Gasteiger partial charge in [0.1, 0.15) is 0 Å². The Morgan fingerprint density at radius 3 is 2.56 bits per heavy atom. The van der Waals surface area contributed by atoms with Gasteiger partial charge in [0.2, 0.25) is 0 Å². The van der Waals surface area contributed by atoms with E-state index in [1.807, 2.05) is 12.1 Å². The summed E-state index contributed by atoms with van der Waals surface area (Å²) in [5, 5.41) is 3.12. The first-order valence-electron chi connectivity index (χ1n) is 5.44. The Kier molecular flexibility index (Phi) is 5.42. The quantitative estimate of drug-likeness (QED) is 0.713. The average molecular weight is 242 g/mol. The largest absolute Gasteiger partial charge is 0.315 e. The predicted octanol–water partition coefficient (Wildman–Crippen LogP) is 0.648. The minimum absolute atomic E-state index is 0.221. The Hall–Kier alpha value is -0.940. The maximum atomic E-state index is 11.2. The van der Waals surface area contributed by atoms with Crippen molar-refractivity contribution in [2.24, 2.45) is 0 Å². The molecular weight excluding hydrogens is 224 g/mol. The van der Waals surface area contributed by atoms with E-state index in [0.717, 1.165) is 13.0 Å². The predicted molar refractivity (Wildman–Crippen MR) is 65.1 cm³/mol. The van der Waals surface area contributed by atoms with Crippen LogP contribution in [-0.4, -0.2) is 38.0 Å². The van der Waals surface area contributed by atoms with Crippen LogP contribution in [0.1, 0.15) is 12.5 Å². The van der Waals surface area contributed by atoms with E-state index >= 15 is 0 Å². The lowest BCUT2D eigenvalue weighted by molar-refractivity contribution is 0.592. The molecule has 1 N–H and O–H groups in total.